The van der Waals surface area contributed by atoms with Gasteiger partial charge in [0.2, 0.25) is 5.88 Å². The predicted molar refractivity (Wildman–Crippen MR) is 121 cm³/mol. The second-order valence-corrected chi connectivity index (χ2v) is 7.43. The minimum atomic E-state index is -0.0718. The fourth-order valence-corrected chi connectivity index (χ4v) is 3.56. The van der Waals surface area contributed by atoms with Crippen molar-refractivity contribution in [3.63, 3.8) is 0 Å². The van der Waals surface area contributed by atoms with E-state index in [0.29, 0.717) is 51.0 Å². The van der Waals surface area contributed by atoms with E-state index < -0.39 is 0 Å². The predicted octanol–water partition coefficient (Wildman–Crippen LogP) is 2.79. The highest BCUT2D eigenvalue weighted by molar-refractivity contribution is 5.91. The number of furan rings is 1. The van der Waals surface area contributed by atoms with Crippen molar-refractivity contribution in [1.82, 2.24) is 20.1 Å². The summed E-state index contributed by atoms with van der Waals surface area (Å²) in [5, 5.41) is 3.40. The monoisotopic (exact) mass is 433 g/mol. The summed E-state index contributed by atoms with van der Waals surface area (Å²) in [5.74, 6) is 1.70. The van der Waals surface area contributed by atoms with Gasteiger partial charge in [-0.25, -0.2) is 4.98 Å². The van der Waals surface area contributed by atoms with Crippen LogP contribution in [-0.4, -0.2) is 59.9 Å². The van der Waals surface area contributed by atoms with Crippen molar-refractivity contribution in [2.24, 2.45) is 4.99 Å². The molecular weight excluding hydrogens is 406 g/mol. The zero-order valence-electron chi connectivity index (χ0n) is 18.1. The molecule has 0 bridgehead atoms. The molecule has 3 heterocycles. The SMILES string of the molecule is CN=C(NCc1ccnc(OCc2ccccc2)c1)N1CCN(C(=O)c2ccco2)CC1. The molecule has 1 fully saturated rings. The van der Waals surface area contributed by atoms with Crippen LogP contribution in [0.2, 0.25) is 0 Å². The number of guanidine groups is 1. The summed E-state index contributed by atoms with van der Waals surface area (Å²) in [7, 11) is 1.77. The first-order chi connectivity index (χ1) is 15.7. The summed E-state index contributed by atoms with van der Waals surface area (Å²) in [5.41, 5.74) is 2.15. The number of benzene rings is 1. The third-order valence-electron chi connectivity index (χ3n) is 5.29. The van der Waals surface area contributed by atoms with Crippen molar-refractivity contribution in [3.8, 4) is 5.88 Å². The quantitative estimate of drug-likeness (QED) is 0.476. The number of pyridine rings is 1. The van der Waals surface area contributed by atoms with E-state index in [1.54, 1.807) is 25.4 Å². The number of carbonyl (C=O) groups is 1. The fraction of sp³-hybridized carbons (Fsp3) is 0.292. The number of rotatable bonds is 6. The summed E-state index contributed by atoms with van der Waals surface area (Å²) in [6, 6.07) is 17.3. The molecule has 1 aliphatic heterocycles. The number of amides is 1. The Labute approximate surface area is 187 Å². The van der Waals surface area contributed by atoms with Crippen LogP contribution in [0.15, 0.2) is 76.5 Å². The molecule has 0 atom stereocenters. The Kier molecular flexibility index (Phi) is 7.01. The number of carbonyl (C=O) groups excluding carboxylic acids is 1. The average Bonchev–Trinajstić information content (AvgIpc) is 3.39. The van der Waals surface area contributed by atoms with Gasteiger partial charge in [0.05, 0.1) is 6.26 Å². The second kappa shape index (κ2) is 10.5. The molecule has 1 saturated heterocycles. The van der Waals surface area contributed by atoms with Crippen molar-refractivity contribution < 1.29 is 13.9 Å². The Hall–Kier alpha value is -3.81. The molecule has 8 heteroatoms. The van der Waals surface area contributed by atoms with Crippen molar-refractivity contribution in [2.75, 3.05) is 33.2 Å². The van der Waals surface area contributed by atoms with Crippen molar-refractivity contribution in [2.45, 2.75) is 13.2 Å². The van der Waals surface area contributed by atoms with E-state index in [-0.39, 0.29) is 5.91 Å². The van der Waals surface area contributed by atoms with Crippen LogP contribution in [-0.2, 0) is 13.2 Å². The van der Waals surface area contributed by atoms with Gasteiger partial charge in [-0.05, 0) is 29.3 Å². The number of ether oxygens (including phenoxy) is 1. The molecule has 1 aliphatic rings. The van der Waals surface area contributed by atoms with Crippen LogP contribution >= 0.6 is 0 Å². The van der Waals surface area contributed by atoms with Crippen LogP contribution < -0.4 is 10.1 Å². The minimum absolute atomic E-state index is 0.0718. The van der Waals surface area contributed by atoms with E-state index in [1.165, 1.54) is 6.26 Å². The number of hydrogen-bond acceptors (Lipinski definition) is 5. The third kappa shape index (κ3) is 5.46. The van der Waals surface area contributed by atoms with Gasteiger partial charge in [0, 0.05) is 52.0 Å². The molecule has 1 aromatic carbocycles. The Balaban J connectivity index is 1.27. The molecule has 166 valence electrons. The first-order valence-electron chi connectivity index (χ1n) is 10.6. The number of aromatic nitrogens is 1. The zero-order valence-corrected chi connectivity index (χ0v) is 18.1. The highest BCUT2D eigenvalue weighted by atomic mass is 16.5. The second-order valence-electron chi connectivity index (χ2n) is 7.43. The number of nitrogens with zero attached hydrogens (tertiary/aromatic N) is 4. The van der Waals surface area contributed by atoms with Crippen LogP contribution in [0.5, 0.6) is 5.88 Å². The number of nitrogens with one attached hydrogen (secondary N) is 1. The lowest BCUT2D eigenvalue weighted by atomic mass is 10.2. The maximum absolute atomic E-state index is 12.4. The van der Waals surface area contributed by atoms with E-state index in [1.807, 2.05) is 47.4 Å². The van der Waals surface area contributed by atoms with E-state index in [0.717, 1.165) is 17.1 Å². The van der Waals surface area contributed by atoms with Crippen LogP contribution in [0.3, 0.4) is 0 Å². The highest BCUT2D eigenvalue weighted by Gasteiger charge is 2.25. The molecule has 0 saturated carbocycles. The standard InChI is InChI=1S/C24H27N5O3/c1-25-24(29-13-11-28(12-14-29)23(30)21-8-5-15-31-21)27-17-20-9-10-26-22(16-20)32-18-19-6-3-2-4-7-19/h2-10,15-16H,11-14,17-18H2,1H3,(H,25,27). The molecule has 1 amide bonds. The van der Waals surface area contributed by atoms with Gasteiger partial charge in [0.25, 0.3) is 5.91 Å². The first-order valence-corrected chi connectivity index (χ1v) is 10.6. The maximum Gasteiger partial charge on any atom is 0.289 e. The van der Waals surface area contributed by atoms with Gasteiger partial charge in [0.15, 0.2) is 11.7 Å². The normalized spacial score (nSPS) is 14.3. The summed E-state index contributed by atoms with van der Waals surface area (Å²) in [4.78, 5) is 25.1. The lowest BCUT2D eigenvalue weighted by Gasteiger charge is -2.36. The van der Waals surface area contributed by atoms with Crippen molar-refractivity contribution >= 4 is 11.9 Å². The number of aliphatic imine (C=N–C) groups is 1. The summed E-state index contributed by atoms with van der Waals surface area (Å²) in [6.45, 7) is 3.72. The zero-order chi connectivity index (χ0) is 22.2. The Morgan fingerprint density at radius 2 is 1.84 bits per heavy atom. The van der Waals surface area contributed by atoms with Crippen molar-refractivity contribution in [1.29, 1.82) is 0 Å². The van der Waals surface area contributed by atoms with Crippen molar-refractivity contribution in [3.05, 3.63) is 83.9 Å². The molecule has 0 spiro atoms. The van der Waals surface area contributed by atoms with Gasteiger partial charge in [0.1, 0.15) is 6.61 Å². The lowest BCUT2D eigenvalue weighted by molar-refractivity contribution is 0.0657. The maximum atomic E-state index is 12.4. The first kappa shape index (κ1) is 21.4. The van der Waals surface area contributed by atoms with Crippen LogP contribution in [0.1, 0.15) is 21.7 Å². The molecular formula is C24H27N5O3. The Bertz CT molecular complexity index is 1030. The lowest BCUT2D eigenvalue weighted by Crippen LogP contribution is -2.53. The van der Waals surface area contributed by atoms with E-state index in [9.17, 15) is 4.79 Å². The summed E-state index contributed by atoms with van der Waals surface area (Å²) < 4.78 is 11.0. The van der Waals surface area contributed by atoms with Gasteiger partial charge in [-0.2, -0.15) is 0 Å². The molecule has 2 aromatic heterocycles. The minimum Gasteiger partial charge on any atom is -0.473 e. The molecule has 8 nitrogen and oxygen atoms in total. The topological polar surface area (TPSA) is 83.2 Å². The molecule has 32 heavy (non-hydrogen) atoms. The Morgan fingerprint density at radius 1 is 1.06 bits per heavy atom. The smallest absolute Gasteiger partial charge is 0.289 e. The molecule has 0 unspecified atom stereocenters. The molecule has 1 N–H and O–H groups in total. The van der Waals surface area contributed by atoms with Gasteiger partial charge >= 0.3 is 0 Å². The largest absolute Gasteiger partial charge is 0.473 e. The van der Waals surface area contributed by atoms with Crippen LogP contribution in [0, 0.1) is 0 Å². The van der Waals surface area contributed by atoms with Gasteiger partial charge in [-0.15, -0.1) is 0 Å². The molecule has 3 aromatic rings. The van der Waals surface area contributed by atoms with Crippen LogP contribution in [0.4, 0.5) is 0 Å². The van der Waals surface area contributed by atoms with Crippen LogP contribution in [0.25, 0.3) is 0 Å². The van der Waals surface area contributed by atoms with Gasteiger partial charge in [-0.1, -0.05) is 30.3 Å². The summed E-state index contributed by atoms with van der Waals surface area (Å²) in [6.07, 6.45) is 3.27. The number of piperazine rings is 1. The molecule has 0 aliphatic carbocycles. The number of hydrogen-bond donors (Lipinski definition) is 1. The van der Waals surface area contributed by atoms with Gasteiger partial charge in [-0.3, -0.25) is 9.79 Å². The van der Waals surface area contributed by atoms with E-state index >= 15 is 0 Å². The molecule has 0 radical (unpaired) electrons. The third-order valence-corrected chi connectivity index (χ3v) is 5.29. The average molecular weight is 434 g/mol. The van der Waals surface area contributed by atoms with E-state index in [2.05, 4.69) is 20.2 Å². The van der Waals surface area contributed by atoms with Gasteiger partial charge < -0.3 is 24.3 Å². The van der Waals surface area contributed by atoms with E-state index in [4.69, 9.17) is 9.15 Å². The highest BCUT2D eigenvalue weighted by Crippen LogP contribution is 2.13. The molecule has 4 rings (SSSR count). The fourth-order valence-electron chi connectivity index (χ4n) is 3.56. The summed E-state index contributed by atoms with van der Waals surface area (Å²) >= 11 is 0. The Morgan fingerprint density at radius 3 is 2.56 bits per heavy atom.